The second-order valence-electron chi connectivity index (χ2n) is 6.49. The Balaban J connectivity index is 1.70. The van der Waals surface area contributed by atoms with Crippen molar-refractivity contribution >= 4 is 17.5 Å². The molecule has 1 amide bonds. The van der Waals surface area contributed by atoms with Gasteiger partial charge in [-0.15, -0.1) is 0 Å². The van der Waals surface area contributed by atoms with Crippen LogP contribution in [0.15, 0.2) is 55.0 Å². The van der Waals surface area contributed by atoms with Gasteiger partial charge in [-0.05, 0) is 55.2 Å². The lowest BCUT2D eigenvalue weighted by atomic mass is 10.1. The molecular weight excluding hydrogens is 338 g/mol. The lowest BCUT2D eigenvalue weighted by molar-refractivity contribution is 0.102. The summed E-state index contributed by atoms with van der Waals surface area (Å²) in [6.07, 6.45) is 6.03. The molecule has 0 aliphatic rings. The molecule has 0 fully saturated rings. The summed E-state index contributed by atoms with van der Waals surface area (Å²) in [6.45, 7) is 4.69. The largest absolute Gasteiger partial charge is 0.344 e. The zero-order valence-electron chi connectivity index (χ0n) is 15.8. The average Bonchev–Trinajstić information content (AvgIpc) is 2.70. The summed E-state index contributed by atoms with van der Waals surface area (Å²) in [6, 6.07) is 11.5. The average molecular weight is 361 g/mol. The van der Waals surface area contributed by atoms with Crippen LogP contribution >= 0.6 is 0 Å². The number of hydrogen-bond donors (Lipinski definition) is 1. The third-order valence-electron chi connectivity index (χ3n) is 4.42. The van der Waals surface area contributed by atoms with Crippen LogP contribution in [0.1, 0.15) is 27.2 Å². The first kappa shape index (κ1) is 18.5. The topological polar surface area (TPSA) is 71.0 Å². The summed E-state index contributed by atoms with van der Waals surface area (Å²) in [5.41, 5.74) is 4.41. The molecule has 0 saturated heterocycles. The van der Waals surface area contributed by atoms with Gasteiger partial charge >= 0.3 is 0 Å². The van der Waals surface area contributed by atoms with Gasteiger partial charge in [0.2, 0.25) is 5.95 Å². The zero-order chi connectivity index (χ0) is 19.2. The molecule has 0 aliphatic carbocycles. The monoisotopic (exact) mass is 361 g/mol. The van der Waals surface area contributed by atoms with Crippen LogP contribution in [0.5, 0.6) is 0 Å². The highest BCUT2D eigenvalue weighted by Gasteiger charge is 2.13. The smallest absolute Gasteiger partial charge is 0.274 e. The maximum absolute atomic E-state index is 12.6. The van der Waals surface area contributed by atoms with E-state index in [1.54, 1.807) is 24.7 Å². The van der Waals surface area contributed by atoms with Crippen LogP contribution < -0.4 is 10.2 Å². The fourth-order valence-corrected chi connectivity index (χ4v) is 2.79. The first-order chi connectivity index (χ1) is 13.0. The van der Waals surface area contributed by atoms with E-state index in [9.17, 15) is 4.79 Å². The molecule has 27 heavy (non-hydrogen) atoms. The molecule has 138 valence electrons. The van der Waals surface area contributed by atoms with Crippen LogP contribution in [0, 0.1) is 13.8 Å². The number of likely N-dealkylation sites (N-methyl/N-ethyl adjacent to an activating group) is 1. The van der Waals surface area contributed by atoms with E-state index < -0.39 is 0 Å². The summed E-state index contributed by atoms with van der Waals surface area (Å²) in [7, 11) is 1.92. The number of aromatic nitrogens is 3. The van der Waals surface area contributed by atoms with E-state index >= 15 is 0 Å². The van der Waals surface area contributed by atoms with E-state index in [4.69, 9.17) is 0 Å². The standard InChI is InChI=1S/C21H23N5O/c1-15-5-4-6-16(2)19(15)25-20(27)18-9-13-23-21(24-18)26(3)14-10-17-7-11-22-12-8-17/h4-9,11-13H,10,14H2,1-3H3,(H,25,27). The maximum atomic E-state index is 12.6. The molecule has 6 heteroatoms. The van der Waals surface area contributed by atoms with Crippen molar-refractivity contribution in [2.45, 2.75) is 20.3 Å². The number of anilines is 2. The van der Waals surface area contributed by atoms with Crippen molar-refractivity contribution < 1.29 is 4.79 Å². The number of aryl methyl sites for hydroxylation is 2. The van der Waals surface area contributed by atoms with E-state index in [-0.39, 0.29) is 5.91 Å². The molecule has 0 unspecified atom stereocenters. The molecule has 0 bridgehead atoms. The number of pyridine rings is 1. The Labute approximate surface area is 159 Å². The van der Waals surface area contributed by atoms with Gasteiger partial charge in [-0.1, -0.05) is 18.2 Å². The molecule has 0 spiro atoms. The molecule has 3 rings (SSSR count). The SMILES string of the molecule is Cc1cccc(C)c1NC(=O)c1ccnc(N(C)CCc2ccncc2)n1. The van der Waals surface area contributed by atoms with Crippen molar-refractivity contribution in [3.05, 3.63) is 77.4 Å². The van der Waals surface area contributed by atoms with Gasteiger partial charge in [-0.25, -0.2) is 9.97 Å². The van der Waals surface area contributed by atoms with Crippen LogP contribution in [-0.2, 0) is 6.42 Å². The fraction of sp³-hybridized carbons (Fsp3) is 0.238. The van der Waals surface area contributed by atoms with Gasteiger partial charge in [0.05, 0.1) is 0 Å². The minimum atomic E-state index is -0.237. The molecular formula is C21H23N5O. The van der Waals surface area contributed by atoms with Crippen molar-refractivity contribution in [1.82, 2.24) is 15.0 Å². The summed E-state index contributed by atoms with van der Waals surface area (Å²) in [4.78, 5) is 27.3. The number of benzene rings is 1. The van der Waals surface area contributed by atoms with Crippen LogP contribution in [-0.4, -0.2) is 34.5 Å². The molecule has 6 nitrogen and oxygen atoms in total. The predicted molar refractivity (Wildman–Crippen MR) is 107 cm³/mol. The van der Waals surface area contributed by atoms with Gasteiger partial charge in [0, 0.05) is 37.9 Å². The van der Waals surface area contributed by atoms with Crippen molar-refractivity contribution in [2.24, 2.45) is 0 Å². The van der Waals surface area contributed by atoms with Gasteiger partial charge < -0.3 is 10.2 Å². The Kier molecular flexibility index (Phi) is 5.76. The van der Waals surface area contributed by atoms with Crippen LogP contribution in [0.4, 0.5) is 11.6 Å². The molecule has 0 atom stereocenters. The predicted octanol–water partition coefficient (Wildman–Crippen LogP) is 3.42. The quantitative estimate of drug-likeness (QED) is 0.728. The number of amides is 1. The van der Waals surface area contributed by atoms with E-state index in [0.717, 1.165) is 29.8 Å². The Morgan fingerprint density at radius 2 is 1.74 bits per heavy atom. The molecule has 1 N–H and O–H groups in total. The van der Waals surface area contributed by atoms with Gasteiger partial charge in [-0.3, -0.25) is 9.78 Å². The number of nitrogens with zero attached hydrogens (tertiary/aromatic N) is 4. The first-order valence-corrected chi connectivity index (χ1v) is 8.85. The van der Waals surface area contributed by atoms with E-state index in [1.165, 1.54) is 5.56 Å². The summed E-state index contributed by atoms with van der Waals surface area (Å²) < 4.78 is 0. The number of para-hydroxylation sites is 1. The van der Waals surface area contributed by atoms with E-state index in [0.29, 0.717) is 11.6 Å². The molecule has 3 aromatic rings. The van der Waals surface area contributed by atoms with Crippen molar-refractivity contribution in [3.8, 4) is 0 Å². The second kappa shape index (κ2) is 8.40. The van der Waals surface area contributed by atoms with E-state index in [2.05, 4.69) is 20.3 Å². The van der Waals surface area contributed by atoms with Crippen molar-refractivity contribution in [1.29, 1.82) is 0 Å². The third kappa shape index (κ3) is 4.67. The number of nitrogens with one attached hydrogen (secondary N) is 1. The normalized spacial score (nSPS) is 10.5. The van der Waals surface area contributed by atoms with Crippen LogP contribution in [0.3, 0.4) is 0 Å². The second-order valence-corrected chi connectivity index (χ2v) is 6.49. The number of carbonyl (C=O) groups is 1. The molecule has 0 aliphatic heterocycles. The van der Waals surface area contributed by atoms with Crippen LogP contribution in [0.25, 0.3) is 0 Å². The number of rotatable bonds is 6. The minimum absolute atomic E-state index is 0.237. The van der Waals surface area contributed by atoms with Crippen molar-refractivity contribution in [3.63, 3.8) is 0 Å². The highest BCUT2D eigenvalue weighted by Crippen LogP contribution is 2.20. The Morgan fingerprint density at radius 1 is 1.04 bits per heavy atom. The summed E-state index contributed by atoms with van der Waals surface area (Å²) >= 11 is 0. The zero-order valence-corrected chi connectivity index (χ0v) is 15.8. The molecule has 1 aromatic carbocycles. The molecule has 0 saturated carbocycles. The van der Waals surface area contributed by atoms with Gasteiger partial charge in [0.25, 0.3) is 5.91 Å². The van der Waals surface area contributed by atoms with Gasteiger partial charge in [-0.2, -0.15) is 0 Å². The maximum Gasteiger partial charge on any atom is 0.274 e. The minimum Gasteiger partial charge on any atom is -0.344 e. The number of carbonyl (C=O) groups excluding carboxylic acids is 1. The fourth-order valence-electron chi connectivity index (χ4n) is 2.79. The lowest BCUT2D eigenvalue weighted by Crippen LogP contribution is -2.24. The van der Waals surface area contributed by atoms with Crippen LogP contribution in [0.2, 0.25) is 0 Å². The summed E-state index contributed by atoms with van der Waals surface area (Å²) in [5.74, 6) is 0.289. The third-order valence-corrected chi connectivity index (χ3v) is 4.42. The molecule has 2 heterocycles. The Morgan fingerprint density at radius 3 is 2.44 bits per heavy atom. The Hall–Kier alpha value is -3.28. The summed E-state index contributed by atoms with van der Waals surface area (Å²) in [5, 5.41) is 2.96. The van der Waals surface area contributed by atoms with Crippen molar-refractivity contribution in [2.75, 3.05) is 23.8 Å². The van der Waals surface area contributed by atoms with Gasteiger partial charge in [0.1, 0.15) is 5.69 Å². The lowest BCUT2D eigenvalue weighted by Gasteiger charge is -2.17. The van der Waals surface area contributed by atoms with E-state index in [1.807, 2.05) is 56.1 Å². The molecule has 2 aromatic heterocycles. The Bertz CT molecular complexity index is 907. The number of hydrogen-bond acceptors (Lipinski definition) is 5. The highest BCUT2D eigenvalue weighted by atomic mass is 16.1. The van der Waals surface area contributed by atoms with Gasteiger partial charge in [0.15, 0.2) is 0 Å². The molecule has 0 radical (unpaired) electrons. The first-order valence-electron chi connectivity index (χ1n) is 8.85. The highest BCUT2D eigenvalue weighted by molar-refractivity contribution is 6.03.